The van der Waals surface area contributed by atoms with Gasteiger partial charge in [0.15, 0.2) is 5.96 Å². The lowest BCUT2D eigenvalue weighted by Gasteiger charge is -2.15. The van der Waals surface area contributed by atoms with E-state index in [0.29, 0.717) is 5.92 Å². The SMILES string of the molecule is CN=C(NCCCc1c(C)noc1C)NCC(C)Cc1cccs1.I. The maximum Gasteiger partial charge on any atom is 0.190 e. The summed E-state index contributed by atoms with van der Waals surface area (Å²) in [7, 11) is 1.81. The Morgan fingerprint density at radius 2 is 2.16 bits per heavy atom. The van der Waals surface area contributed by atoms with Crippen LogP contribution >= 0.6 is 35.3 Å². The Balaban J connectivity index is 0.00000312. The van der Waals surface area contributed by atoms with Gasteiger partial charge in [-0.05, 0) is 50.5 Å². The molecule has 0 aliphatic carbocycles. The summed E-state index contributed by atoms with van der Waals surface area (Å²) in [6.45, 7) is 8.02. The molecular weight excluding hydrogens is 447 g/mol. The summed E-state index contributed by atoms with van der Waals surface area (Å²) in [5.41, 5.74) is 2.22. The number of thiophene rings is 1. The third kappa shape index (κ3) is 7.35. The summed E-state index contributed by atoms with van der Waals surface area (Å²) in [4.78, 5) is 5.73. The van der Waals surface area contributed by atoms with E-state index in [9.17, 15) is 0 Å². The van der Waals surface area contributed by atoms with E-state index in [1.807, 2.05) is 32.2 Å². The first-order chi connectivity index (χ1) is 11.6. The molecule has 0 bridgehead atoms. The monoisotopic (exact) mass is 476 g/mol. The highest BCUT2D eigenvalue weighted by atomic mass is 127. The number of aryl methyl sites for hydroxylation is 2. The van der Waals surface area contributed by atoms with Gasteiger partial charge in [0, 0.05) is 30.6 Å². The largest absolute Gasteiger partial charge is 0.361 e. The maximum atomic E-state index is 5.20. The number of hydrogen-bond donors (Lipinski definition) is 2. The topological polar surface area (TPSA) is 62.5 Å². The number of hydrogen-bond acceptors (Lipinski definition) is 4. The van der Waals surface area contributed by atoms with Gasteiger partial charge in [0.1, 0.15) is 5.76 Å². The zero-order valence-electron chi connectivity index (χ0n) is 15.5. The summed E-state index contributed by atoms with van der Waals surface area (Å²) < 4.78 is 5.20. The molecule has 1 atom stereocenters. The summed E-state index contributed by atoms with van der Waals surface area (Å²) >= 11 is 1.82. The molecule has 2 N–H and O–H groups in total. The van der Waals surface area contributed by atoms with Crippen LogP contribution in [0, 0.1) is 19.8 Å². The van der Waals surface area contributed by atoms with Crippen molar-refractivity contribution in [1.29, 1.82) is 0 Å². The second-order valence-corrected chi connectivity index (χ2v) is 7.21. The molecule has 0 aliphatic heterocycles. The molecule has 0 aromatic carbocycles. The minimum absolute atomic E-state index is 0. The minimum atomic E-state index is 0. The smallest absolute Gasteiger partial charge is 0.190 e. The Morgan fingerprint density at radius 1 is 1.36 bits per heavy atom. The molecule has 1 unspecified atom stereocenters. The van der Waals surface area contributed by atoms with E-state index >= 15 is 0 Å². The van der Waals surface area contributed by atoms with Crippen LogP contribution in [-0.2, 0) is 12.8 Å². The number of halogens is 1. The van der Waals surface area contributed by atoms with Crippen LogP contribution in [0.15, 0.2) is 27.0 Å². The third-order valence-corrected chi connectivity index (χ3v) is 4.95. The first-order valence-electron chi connectivity index (χ1n) is 8.48. The second-order valence-electron chi connectivity index (χ2n) is 6.17. The molecule has 7 heteroatoms. The normalized spacial score (nSPS) is 12.6. The number of nitrogens with zero attached hydrogens (tertiary/aromatic N) is 2. The van der Waals surface area contributed by atoms with Gasteiger partial charge < -0.3 is 15.2 Å². The van der Waals surface area contributed by atoms with Crippen molar-refractivity contribution in [2.75, 3.05) is 20.1 Å². The highest BCUT2D eigenvalue weighted by Gasteiger charge is 2.09. The first-order valence-corrected chi connectivity index (χ1v) is 9.36. The Morgan fingerprint density at radius 3 is 2.76 bits per heavy atom. The van der Waals surface area contributed by atoms with E-state index in [0.717, 1.165) is 49.8 Å². The van der Waals surface area contributed by atoms with Gasteiger partial charge in [0.2, 0.25) is 0 Å². The van der Waals surface area contributed by atoms with E-state index in [-0.39, 0.29) is 24.0 Å². The Labute approximate surface area is 171 Å². The van der Waals surface area contributed by atoms with Gasteiger partial charge in [0.25, 0.3) is 0 Å². The lowest BCUT2D eigenvalue weighted by molar-refractivity contribution is 0.392. The van der Waals surface area contributed by atoms with E-state index in [1.54, 1.807) is 0 Å². The van der Waals surface area contributed by atoms with Crippen LogP contribution in [0.1, 0.15) is 35.2 Å². The molecule has 2 rings (SSSR count). The fourth-order valence-electron chi connectivity index (χ4n) is 2.67. The lowest BCUT2D eigenvalue weighted by atomic mass is 10.1. The van der Waals surface area contributed by atoms with Gasteiger partial charge in [-0.15, -0.1) is 35.3 Å². The number of nitrogens with one attached hydrogen (secondary N) is 2. The van der Waals surface area contributed by atoms with Crippen molar-refractivity contribution in [2.24, 2.45) is 10.9 Å². The summed E-state index contributed by atoms with van der Waals surface area (Å²) in [6, 6.07) is 4.31. The molecule has 0 fully saturated rings. The number of aromatic nitrogens is 1. The van der Waals surface area contributed by atoms with E-state index in [2.05, 4.69) is 45.2 Å². The van der Waals surface area contributed by atoms with Crippen molar-refractivity contribution in [2.45, 2.75) is 40.0 Å². The zero-order valence-corrected chi connectivity index (χ0v) is 18.6. The predicted octanol–water partition coefficient (Wildman–Crippen LogP) is 3.95. The Kier molecular flexibility index (Phi) is 10.1. The molecule has 140 valence electrons. The van der Waals surface area contributed by atoms with Crippen LogP contribution in [0.4, 0.5) is 0 Å². The van der Waals surface area contributed by atoms with Crippen LogP contribution in [-0.4, -0.2) is 31.3 Å². The molecule has 2 heterocycles. The summed E-state index contributed by atoms with van der Waals surface area (Å²) in [6.07, 6.45) is 3.10. The van der Waals surface area contributed by atoms with E-state index < -0.39 is 0 Å². The average molecular weight is 476 g/mol. The number of rotatable bonds is 8. The molecular formula is C18H29IN4OS. The molecule has 0 radical (unpaired) electrons. The molecule has 0 saturated carbocycles. The molecule has 5 nitrogen and oxygen atoms in total. The van der Waals surface area contributed by atoms with Crippen molar-refractivity contribution in [3.05, 3.63) is 39.4 Å². The lowest BCUT2D eigenvalue weighted by Crippen LogP contribution is -2.40. The molecule has 0 aliphatic rings. The average Bonchev–Trinajstić information content (AvgIpc) is 3.18. The second kappa shape index (κ2) is 11.5. The van der Waals surface area contributed by atoms with Crippen LogP contribution in [0.2, 0.25) is 0 Å². The number of aliphatic imine (C=N–C) groups is 1. The van der Waals surface area contributed by atoms with E-state index in [1.165, 1.54) is 10.4 Å². The van der Waals surface area contributed by atoms with Gasteiger partial charge >= 0.3 is 0 Å². The van der Waals surface area contributed by atoms with Gasteiger partial charge in [-0.2, -0.15) is 0 Å². The van der Waals surface area contributed by atoms with E-state index in [4.69, 9.17) is 4.52 Å². The van der Waals surface area contributed by atoms with Crippen molar-refractivity contribution in [3.63, 3.8) is 0 Å². The zero-order chi connectivity index (χ0) is 17.4. The van der Waals surface area contributed by atoms with Gasteiger partial charge in [-0.3, -0.25) is 4.99 Å². The van der Waals surface area contributed by atoms with Crippen LogP contribution in [0.3, 0.4) is 0 Å². The standard InChI is InChI=1S/C18H28N4OS.HI/c1-13(11-16-7-6-10-24-16)12-21-18(19-4)20-9-5-8-17-14(2)22-23-15(17)3;/h6-7,10,13H,5,8-9,11-12H2,1-4H3,(H2,19,20,21);1H. The van der Waals surface area contributed by atoms with Crippen molar-refractivity contribution in [3.8, 4) is 0 Å². The van der Waals surface area contributed by atoms with Crippen molar-refractivity contribution < 1.29 is 4.52 Å². The fraction of sp³-hybridized carbons (Fsp3) is 0.556. The quantitative estimate of drug-likeness (QED) is 0.262. The Hall–Kier alpha value is -1.09. The molecule has 25 heavy (non-hydrogen) atoms. The molecule has 2 aromatic rings. The molecule has 2 aromatic heterocycles. The highest BCUT2D eigenvalue weighted by Crippen LogP contribution is 2.14. The van der Waals surface area contributed by atoms with Crippen LogP contribution in [0.5, 0.6) is 0 Å². The number of guanidine groups is 1. The van der Waals surface area contributed by atoms with Crippen LogP contribution < -0.4 is 10.6 Å². The summed E-state index contributed by atoms with van der Waals surface area (Å²) in [5, 5.41) is 12.9. The summed E-state index contributed by atoms with van der Waals surface area (Å²) in [5.74, 6) is 2.37. The fourth-order valence-corrected chi connectivity index (χ4v) is 3.54. The van der Waals surface area contributed by atoms with Gasteiger partial charge in [0.05, 0.1) is 5.69 Å². The van der Waals surface area contributed by atoms with Crippen LogP contribution in [0.25, 0.3) is 0 Å². The van der Waals surface area contributed by atoms with Crippen molar-refractivity contribution >= 4 is 41.3 Å². The van der Waals surface area contributed by atoms with Gasteiger partial charge in [-0.25, -0.2) is 0 Å². The minimum Gasteiger partial charge on any atom is -0.361 e. The molecule has 0 spiro atoms. The molecule has 0 saturated heterocycles. The van der Waals surface area contributed by atoms with Crippen molar-refractivity contribution in [1.82, 2.24) is 15.8 Å². The first kappa shape index (κ1) is 22.0. The predicted molar refractivity (Wildman–Crippen MR) is 116 cm³/mol. The highest BCUT2D eigenvalue weighted by molar-refractivity contribution is 14.0. The maximum absolute atomic E-state index is 5.20. The molecule has 0 amide bonds. The third-order valence-electron chi connectivity index (χ3n) is 4.05. The van der Waals surface area contributed by atoms with Gasteiger partial charge in [-0.1, -0.05) is 18.1 Å². The Bertz CT molecular complexity index is 620.